The van der Waals surface area contributed by atoms with E-state index in [1.807, 2.05) is 67.6 Å². The van der Waals surface area contributed by atoms with Crippen LogP contribution in [0.15, 0.2) is 60.7 Å². The van der Waals surface area contributed by atoms with Gasteiger partial charge in [0.2, 0.25) is 5.91 Å². The largest absolute Gasteiger partial charge is 0.327 e. The van der Waals surface area contributed by atoms with Crippen molar-refractivity contribution in [2.75, 3.05) is 7.05 Å². The van der Waals surface area contributed by atoms with Gasteiger partial charge < -0.3 is 4.90 Å². The van der Waals surface area contributed by atoms with Crippen LogP contribution < -0.4 is 5.48 Å². The van der Waals surface area contributed by atoms with Crippen molar-refractivity contribution in [1.29, 1.82) is 0 Å². The number of carbonyl (C=O) groups is 2. The van der Waals surface area contributed by atoms with Gasteiger partial charge in [-0.15, -0.1) is 0 Å². The van der Waals surface area contributed by atoms with Gasteiger partial charge >= 0.3 is 6.03 Å². The monoisotopic (exact) mass is 409 g/mol. The number of nitrogens with zero attached hydrogens (tertiary/aromatic N) is 2. The molecule has 1 saturated heterocycles. The molecule has 3 amide bonds. The van der Waals surface area contributed by atoms with E-state index in [2.05, 4.69) is 12.4 Å². The normalized spacial score (nSPS) is 19.9. The van der Waals surface area contributed by atoms with E-state index >= 15 is 0 Å². The van der Waals surface area contributed by atoms with Crippen molar-refractivity contribution < 1.29 is 14.4 Å². The maximum Gasteiger partial charge on any atom is 0.327 e. The first kappa shape index (κ1) is 22.0. The van der Waals surface area contributed by atoms with Crippen LogP contribution >= 0.6 is 0 Å². The molecule has 3 atom stereocenters. The Morgan fingerprint density at radius 2 is 1.73 bits per heavy atom. The SMILES string of the molecule is CCC[C@@H](CC(=O)N1C(=O)N(C)[C@H](C)[C@@H]1c1ccccc1)NOCc1ccccc1. The molecule has 3 rings (SSSR count). The number of benzene rings is 2. The van der Waals surface area contributed by atoms with E-state index in [0.29, 0.717) is 6.61 Å². The summed E-state index contributed by atoms with van der Waals surface area (Å²) in [7, 11) is 1.75. The maximum atomic E-state index is 13.2. The minimum Gasteiger partial charge on any atom is -0.322 e. The first-order valence-corrected chi connectivity index (χ1v) is 10.6. The number of carbonyl (C=O) groups excluding carboxylic acids is 2. The van der Waals surface area contributed by atoms with Gasteiger partial charge in [-0.2, -0.15) is 5.48 Å². The zero-order valence-corrected chi connectivity index (χ0v) is 18.0. The molecule has 30 heavy (non-hydrogen) atoms. The Bertz CT molecular complexity index is 828. The molecule has 0 radical (unpaired) electrons. The molecule has 0 aliphatic carbocycles. The van der Waals surface area contributed by atoms with Crippen molar-refractivity contribution in [2.24, 2.45) is 0 Å². The molecule has 1 fully saturated rings. The van der Waals surface area contributed by atoms with Gasteiger partial charge in [0, 0.05) is 19.5 Å². The van der Waals surface area contributed by atoms with Crippen LogP contribution in [0.4, 0.5) is 4.79 Å². The highest BCUT2D eigenvalue weighted by Crippen LogP contribution is 2.35. The van der Waals surface area contributed by atoms with Crippen molar-refractivity contribution in [2.45, 2.75) is 57.8 Å². The summed E-state index contributed by atoms with van der Waals surface area (Å²) in [6.45, 7) is 4.47. The summed E-state index contributed by atoms with van der Waals surface area (Å²) < 4.78 is 0. The molecular formula is C24H31N3O3. The van der Waals surface area contributed by atoms with Crippen LogP contribution in [0.2, 0.25) is 0 Å². The smallest absolute Gasteiger partial charge is 0.322 e. The van der Waals surface area contributed by atoms with Crippen LogP contribution in [-0.2, 0) is 16.2 Å². The van der Waals surface area contributed by atoms with Crippen molar-refractivity contribution in [3.63, 3.8) is 0 Å². The predicted octanol–water partition coefficient (Wildman–Crippen LogP) is 4.29. The predicted molar refractivity (Wildman–Crippen MR) is 116 cm³/mol. The van der Waals surface area contributed by atoms with Crippen LogP contribution in [0, 0.1) is 0 Å². The van der Waals surface area contributed by atoms with E-state index in [0.717, 1.165) is 24.0 Å². The fraction of sp³-hybridized carbons (Fsp3) is 0.417. The maximum absolute atomic E-state index is 13.2. The average molecular weight is 410 g/mol. The average Bonchev–Trinajstić information content (AvgIpc) is 2.99. The summed E-state index contributed by atoms with van der Waals surface area (Å²) in [5.41, 5.74) is 5.07. The fourth-order valence-corrected chi connectivity index (χ4v) is 3.91. The van der Waals surface area contributed by atoms with E-state index in [1.165, 1.54) is 4.90 Å². The second-order valence-corrected chi connectivity index (χ2v) is 7.84. The minimum atomic E-state index is -0.288. The van der Waals surface area contributed by atoms with Gasteiger partial charge in [-0.05, 0) is 24.5 Å². The quantitative estimate of drug-likeness (QED) is 0.628. The van der Waals surface area contributed by atoms with E-state index in [1.54, 1.807) is 11.9 Å². The fourth-order valence-electron chi connectivity index (χ4n) is 3.91. The molecule has 1 heterocycles. The molecule has 1 aliphatic rings. The molecule has 0 saturated carbocycles. The Morgan fingerprint density at radius 1 is 1.10 bits per heavy atom. The van der Waals surface area contributed by atoms with Crippen LogP contribution in [0.25, 0.3) is 0 Å². The van der Waals surface area contributed by atoms with E-state index < -0.39 is 0 Å². The molecule has 0 bridgehead atoms. The number of hydroxylamine groups is 1. The zero-order chi connectivity index (χ0) is 21.5. The summed E-state index contributed by atoms with van der Waals surface area (Å²) >= 11 is 0. The number of likely N-dealkylation sites (N-methyl/N-ethyl adjacent to an activating group) is 1. The molecule has 0 unspecified atom stereocenters. The van der Waals surface area contributed by atoms with Crippen LogP contribution in [0.3, 0.4) is 0 Å². The van der Waals surface area contributed by atoms with Crippen molar-refractivity contribution in [3.8, 4) is 0 Å². The van der Waals surface area contributed by atoms with Crippen LogP contribution in [-0.4, -0.2) is 40.9 Å². The first-order valence-electron chi connectivity index (χ1n) is 10.6. The summed E-state index contributed by atoms with van der Waals surface area (Å²) in [5, 5.41) is 0. The van der Waals surface area contributed by atoms with E-state index in [-0.39, 0.29) is 36.5 Å². The lowest BCUT2D eigenvalue weighted by Gasteiger charge is -2.26. The van der Waals surface area contributed by atoms with Crippen LogP contribution in [0.1, 0.15) is 50.3 Å². The Hall–Kier alpha value is -2.70. The summed E-state index contributed by atoms with van der Waals surface area (Å²) in [4.78, 5) is 34.8. The minimum absolute atomic E-state index is 0.0873. The summed E-state index contributed by atoms with van der Waals surface area (Å²) in [5.74, 6) is -0.181. The Labute approximate surface area is 178 Å². The number of hydrogen-bond donors (Lipinski definition) is 1. The lowest BCUT2D eigenvalue weighted by molar-refractivity contribution is -0.131. The van der Waals surface area contributed by atoms with Gasteiger partial charge in [0.25, 0.3) is 0 Å². The summed E-state index contributed by atoms with van der Waals surface area (Å²) in [6.07, 6.45) is 1.90. The van der Waals surface area contributed by atoms with Crippen molar-refractivity contribution in [3.05, 3.63) is 71.8 Å². The van der Waals surface area contributed by atoms with Gasteiger partial charge in [-0.3, -0.25) is 14.5 Å². The molecule has 6 nitrogen and oxygen atoms in total. The van der Waals surface area contributed by atoms with E-state index in [4.69, 9.17) is 4.84 Å². The molecule has 1 N–H and O–H groups in total. The number of nitrogens with one attached hydrogen (secondary N) is 1. The molecule has 0 aromatic heterocycles. The second-order valence-electron chi connectivity index (χ2n) is 7.84. The van der Waals surface area contributed by atoms with Gasteiger partial charge in [-0.1, -0.05) is 74.0 Å². The molecule has 2 aromatic carbocycles. The number of amides is 3. The third-order valence-electron chi connectivity index (χ3n) is 5.65. The lowest BCUT2D eigenvalue weighted by atomic mass is 9.99. The highest BCUT2D eigenvalue weighted by atomic mass is 16.6. The molecule has 2 aromatic rings. The van der Waals surface area contributed by atoms with Gasteiger partial charge in [0.1, 0.15) is 0 Å². The third kappa shape index (κ3) is 5.07. The third-order valence-corrected chi connectivity index (χ3v) is 5.65. The first-order chi connectivity index (χ1) is 14.5. The Balaban J connectivity index is 1.67. The second kappa shape index (κ2) is 10.4. The van der Waals surface area contributed by atoms with Crippen LogP contribution in [0.5, 0.6) is 0 Å². The molecule has 1 aliphatic heterocycles. The molecular weight excluding hydrogens is 378 g/mol. The summed E-state index contributed by atoms with van der Waals surface area (Å²) in [6, 6.07) is 18.8. The Morgan fingerprint density at radius 3 is 2.37 bits per heavy atom. The van der Waals surface area contributed by atoms with E-state index in [9.17, 15) is 9.59 Å². The molecule has 0 spiro atoms. The van der Waals surface area contributed by atoms with Gasteiger partial charge in [-0.25, -0.2) is 4.79 Å². The number of rotatable bonds is 9. The zero-order valence-electron chi connectivity index (χ0n) is 18.0. The molecule has 6 heteroatoms. The molecule has 160 valence electrons. The van der Waals surface area contributed by atoms with Gasteiger partial charge in [0.05, 0.1) is 18.7 Å². The Kier molecular flexibility index (Phi) is 7.60. The lowest BCUT2D eigenvalue weighted by Crippen LogP contribution is -2.41. The highest BCUT2D eigenvalue weighted by molar-refractivity contribution is 5.97. The standard InChI is InChI=1S/C24H31N3O3/c1-4-11-21(25-30-17-19-12-7-5-8-13-19)16-22(28)27-23(18(2)26(3)24(27)29)20-14-9-6-10-15-20/h5-10,12-15,18,21,23,25H,4,11,16-17H2,1-3H3/t18-,21+,23-/m1/s1. The van der Waals surface area contributed by atoms with Crippen molar-refractivity contribution >= 4 is 11.9 Å². The number of imide groups is 1. The number of hydrogen-bond acceptors (Lipinski definition) is 4. The van der Waals surface area contributed by atoms with Gasteiger partial charge in [0.15, 0.2) is 0 Å². The topological polar surface area (TPSA) is 61.9 Å². The number of urea groups is 1. The highest BCUT2D eigenvalue weighted by Gasteiger charge is 2.45. The van der Waals surface area contributed by atoms with Crippen molar-refractivity contribution in [1.82, 2.24) is 15.3 Å².